The molecule has 0 unspecified atom stereocenters. The molecule has 9 nitrogen and oxygen atoms in total. The van der Waals surface area contributed by atoms with Gasteiger partial charge in [0.05, 0.1) is 33.2 Å². The van der Waals surface area contributed by atoms with E-state index in [2.05, 4.69) is 20.6 Å². The fourth-order valence-corrected chi connectivity index (χ4v) is 7.72. The van der Waals surface area contributed by atoms with Gasteiger partial charge in [-0.3, -0.25) is 0 Å². The second-order valence-electron chi connectivity index (χ2n) is 12.4. The van der Waals surface area contributed by atoms with Crippen molar-refractivity contribution in [3.8, 4) is 11.4 Å². The molecule has 50 heavy (non-hydrogen) atoms. The first-order valence-corrected chi connectivity index (χ1v) is 18.1. The zero-order valence-corrected chi connectivity index (χ0v) is 28.3. The molecule has 1 aliphatic heterocycles. The summed E-state index contributed by atoms with van der Waals surface area (Å²) in [7, 11) is -3.12. The molecule has 6 rings (SSSR count). The predicted octanol–water partition coefficient (Wildman–Crippen LogP) is 7.36. The Kier molecular flexibility index (Phi) is 10.4. The number of hydrogen-bond donors (Lipinski definition) is 3. The van der Waals surface area contributed by atoms with E-state index >= 15 is 0 Å². The van der Waals surface area contributed by atoms with Crippen LogP contribution >= 0.6 is 11.6 Å². The number of rotatable bonds is 12. The molecule has 0 spiro atoms. The molecule has 0 saturated carbocycles. The van der Waals surface area contributed by atoms with Crippen molar-refractivity contribution in [1.82, 2.24) is 19.9 Å². The Morgan fingerprint density at radius 1 is 1.02 bits per heavy atom. The van der Waals surface area contributed by atoms with E-state index in [0.29, 0.717) is 63.8 Å². The summed E-state index contributed by atoms with van der Waals surface area (Å²) < 4.78 is 86.3. The first-order valence-electron chi connectivity index (χ1n) is 15.9. The van der Waals surface area contributed by atoms with Crippen LogP contribution in [0.1, 0.15) is 42.4 Å². The molecule has 1 fully saturated rings. The average Bonchev–Trinajstić information content (AvgIpc) is 3.51. The third-order valence-corrected chi connectivity index (χ3v) is 10.6. The second-order valence-corrected chi connectivity index (χ2v) is 15.1. The molecule has 264 valence electrons. The van der Waals surface area contributed by atoms with Gasteiger partial charge in [0.2, 0.25) is 0 Å². The summed E-state index contributed by atoms with van der Waals surface area (Å²) in [5, 5.41) is 17.8. The topological polar surface area (TPSA) is 118 Å². The van der Waals surface area contributed by atoms with Gasteiger partial charge in [0.25, 0.3) is 0 Å². The van der Waals surface area contributed by atoms with Crippen molar-refractivity contribution in [2.45, 2.75) is 50.6 Å². The van der Waals surface area contributed by atoms with Gasteiger partial charge in [0.1, 0.15) is 30.3 Å². The number of nitrogens with one attached hydrogen (secondary N) is 2. The highest BCUT2D eigenvalue weighted by atomic mass is 35.5. The van der Waals surface area contributed by atoms with E-state index in [1.807, 2.05) is 0 Å². The number of aliphatic hydroxyl groups is 1. The lowest BCUT2D eigenvalue weighted by molar-refractivity contribution is -0.138. The van der Waals surface area contributed by atoms with Gasteiger partial charge in [-0.1, -0.05) is 23.7 Å². The number of sulfone groups is 1. The first-order chi connectivity index (χ1) is 23.8. The highest BCUT2D eigenvalue weighted by Crippen LogP contribution is 2.35. The SMILES string of the molecule is O=S1(=O)CCC(O)(CCCNCc2cn(-c3ccc4ncnc(Nc5ccc(OCc6cccc(F)c6)c(Cl)c5)c4c3)cc2C(F)(F)F)CC1. The molecule has 15 heteroatoms. The molecule has 3 N–H and O–H groups in total. The van der Waals surface area contributed by atoms with Gasteiger partial charge in [-0.05, 0) is 91.9 Å². The van der Waals surface area contributed by atoms with Gasteiger partial charge < -0.3 is 25.0 Å². The summed E-state index contributed by atoms with van der Waals surface area (Å²) in [6, 6.07) is 16.1. The summed E-state index contributed by atoms with van der Waals surface area (Å²) in [6.45, 7) is 0.419. The number of aromatic nitrogens is 3. The van der Waals surface area contributed by atoms with E-state index < -0.39 is 27.2 Å². The zero-order valence-electron chi connectivity index (χ0n) is 26.7. The molecule has 5 aromatic rings. The summed E-state index contributed by atoms with van der Waals surface area (Å²) in [5.74, 6) is 0.316. The van der Waals surface area contributed by atoms with Crippen molar-refractivity contribution < 1.29 is 35.8 Å². The third kappa shape index (κ3) is 8.73. The minimum absolute atomic E-state index is 0.0529. The Morgan fingerprint density at radius 3 is 2.56 bits per heavy atom. The molecule has 3 heterocycles. The van der Waals surface area contributed by atoms with Crippen LogP contribution in [0.5, 0.6) is 5.75 Å². The Bertz CT molecular complexity index is 2090. The highest BCUT2D eigenvalue weighted by Gasteiger charge is 2.36. The van der Waals surface area contributed by atoms with E-state index in [1.165, 1.54) is 29.2 Å². The van der Waals surface area contributed by atoms with Gasteiger partial charge >= 0.3 is 6.18 Å². The Balaban J connectivity index is 1.14. The molecule has 0 bridgehead atoms. The maximum atomic E-state index is 14.1. The molecule has 1 aliphatic rings. The Morgan fingerprint density at radius 2 is 1.82 bits per heavy atom. The summed E-state index contributed by atoms with van der Waals surface area (Å²) in [4.78, 5) is 8.66. The number of fused-ring (bicyclic) bond motifs is 1. The molecule has 0 atom stereocenters. The fourth-order valence-electron chi connectivity index (χ4n) is 5.90. The number of halogens is 5. The molecule has 1 saturated heterocycles. The lowest BCUT2D eigenvalue weighted by atomic mass is 9.91. The minimum Gasteiger partial charge on any atom is -0.487 e. The highest BCUT2D eigenvalue weighted by molar-refractivity contribution is 7.91. The maximum absolute atomic E-state index is 14.1. The normalized spacial score (nSPS) is 15.6. The molecule has 3 aromatic carbocycles. The molecule has 2 aromatic heterocycles. The standard InChI is InChI=1S/C35H34ClF4N5O4S/c36-30-16-26(5-8-32(30)49-21-23-3-1-4-25(37)15-23)44-33-28-17-27(6-7-31(28)42-22-43-33)45-19-24(29(20-45)35(38,39)40)18-41-12-2-9-34(46)10-13-50(47,48)14-11-34/h1,3-8,15-17,19-20,22,41,46H,2,9-14,18,21H2,(H,42,43,44). The van der Waals surface area contributed by atoms with Crippen molar-refractivity contribution in [2.75, 3.05) is 23.4 Å². The second kappa shape index (κ2) is 14.5. The van der Waals surface area contributed by atoms with Crippen LogP contribution < -0.4 is 15.4 Å². The van der Waals surface area contributed by atoms with Gasteiger partial charge in [0.15, 0.2) is 9.84 Å². The van der Waals surface area contributed by atoms with E-state index in [0.717, 1.165) is 6.20 Å². The number of hydrogen-bond acceptors (Lipinski definition) is 8. The monoisotopic (exact) mass is 731 g/mol. The van der Waals surface area contributed by atoms with Crippen LogP contribution in [0.2, 0.25) is 5.02 Å². The summed E-state index contributed by atoms with van der Waals surface area (Å²) in [5.41, 5.74) is 0.447. The lowest BCUT2D eigenvalue weighted by Gasteiger charge is -2.31. The lowest BCUT2D eigenvalue weighted by Crippen LogP contribution is -2.39. The average molecular weight is 732 g/mol. The summed E-state index contributed by atoms with van der Waals surface area (Å²) >= 11 is 6.47. The van der Waals surface area contributed by atoms with Crippen LogP contribution in [0, 0.1) is 5.82 Å². The van der Waals surface area contributed by atoms with E-state index in [1.54, 1.807) is 48.5 Å². The quantitative estimate of drug-likeness (QED) is 0.0900. The Labute approximate surface area is 291 Å². The molecule has 0 radical (unpaired) electrons. The number of nitrogens with zero attached hydrogens (tertiary/aromatic N) is 3. The molecular formula is C35H34ClF4N5O4S. The van der Waals surface area contributed by atoms with E-state index in [9.17, 15) is 31.1 Å². The van der Waals surface area contributed by atoms with Gasteiger partial charge in [-0.2, -0.15) is 13.2 Å². The van der Waals surface area contributed by atoms with Crippen molar-refractivity contribution in [3.05, 3.63) is 107 Å². The molecule has 0 aliphatic carbocycles. The van der Waals surface area contributed by atoms with E-state index in [4.69, 9.17) is 16.3 Å². The number of alkyl halides is 3. The summed E-state index contributed by atoms with van der Waals surface area (Å²) in [6.07, 6.45) is 0.423. The van der Waals surface area contributed by atoms with Gasteiger partial charge in [0, 0.05) is 35.7 Å². The zero-order chi connectivity index (χ0) is 35.5. The van der Waals surface area contributed by atoms with Gasteiger partial charge in [-0.15, -0.1) is 0 Å². The van der Waals surface area contributed by atoms with Crippen LogP contribution in [-0.2, 0) is 29.2 Å². The number of benzene rings is 3. The maximum Gasteiger partial charge on any atom is 0.418 e. The van der Waals surface area contributed by atoms with Gasteiger partial charge in [-0.25, -0.2) is 22.8 Å². The van der Waals surface area contributed by atoms with E-state index in [-0.39, 0.29) is 48.9 Å². The van der Waals surface area contributed by atoms with Crippen LogP contribution in [0.3, 0.4) is 0 Å². The van der Waals surface area contributed by atoms with Crippen LogP contribution in [0.15, 0.2) is 79.4 Å². The van der Waals surface area contributed by atoms with Crippen LogP contribution in [-0.4, -0.2) is 51.7 Å². The largest absolute Gasteiger partial charge is 0.487 e. The Hall–Kier alpha value is -4.24. The number of ether oxygens (including phenoxy) is 1. The van der Waals surface area contributed by atoms with Crippen molar-refractivity contribution in [3.63, 3.8) is 0 Å². The smallest absolute Gasteiger partial charge is 0.418 e. The minimum atomic E-state index is -4.59. The number of anilines is 2. The predicted molar refractivity (Wildman–Crippen MR) is 183 cm³/mol. The van der Waals surface area contributed by atoms with Crippen LogP contribution in [0.4, 0.5) is 29.1 Å². The third-order valence-electron chi connectivity index (χ3n) is 8.68. The first kappa shape index (κ1) is 35.6. The molecule has 0 amide bonds. The van der Waals surface area contributed by atoms with Crippen LogP contribution in [0.25, 0.3) is 16.6 Å². The molecular weight excluding hydrogens is 698 g/mol. The van der Waals surface area contributed by atoms with Crippen molar-refractivity contribution >= 4 is 43.8 Å². The fraction of sp³-hybridized carbons (Fsp3) is 0.314. The van der Waals surface area contributed by atoms with Crippen molar-refractivity contribution in [2.24, 2.45) is 0 Å². The van der Waals surface area contributed by atoms with Crippen molar-refractivity contribution in [1.29, 1.82) is 0 Å².